The van der Waals surface area contributed by atoms with E-state index in [4.69, 9.17) is 0 Å². The first kappa shape index (κ1) is 11.9. The molecule has 0 aliphatic heterocycles. The van der Waals surface area contributed by atoms with Gasteiger partial charge in [-0.3, -0.25) is 0 Å². The zero-order valence-corrected chi connectivity index (χ0v) is 10.7. The molecule has 0 atom stereocenters. The SMILES string of the molecule is Cc1cccc(C)c1CCCCc1c[nH]cn1. The molecule has 2 rings (SSSR count). The van der Waals surface area contributed by atoms with Gasteiger partial charge in [-0.2, -0.15) is 0 Å². The third kappa shape index (κ3) is 3.19. The number of nitrogens with zero attached hydrogens (tertiary/aromatic N) is 1. The van der Waals surface area contributed by atoms with Crippen molar-refractivity contribution in [1.82, 2.24) is 9.97 Å². The molecule has 1 N–H and O–H groups in total. The molecular formula is C15H20N2. The summed E-state index contributed by atoms with van der Waals surface area (Å²) in [4.78, 5) is 7.24. The molecule has 0 unspecified atom stereocenters. The average molecular weight is 228 g/mol. The van der Waals surface area contributed by atoms with E-state index in [2.05, 4.69) is 42.0 Å². The van der Waals surface area contributed by atoms with Crippen molar-refractivity contribution in [3.8, 4) is 0 Å². The van der Waals surface area contributed by atoms with Gasteiger partial charge in [-0.1, -0.05) is 18.2 Å². The summed E-state index contributed by atoms with van der Waals surface area (Å²) in [6.45, 7) is 4.41. The molecule has 17 heavy (non-hydrogen) atoms. The first-order chi connectivity index (χ1) is 8.27. The average Bonchev–Trinajstić information content (AvgIpc) is 2.80. The maximum atomic E-state index is 4.24. The molecule has 0 spiro atoms. The van der Waals surface area contributed by atoms with Crippen molar-refractivity contribution in [2.45, 2.75) is 39.5 Å². The first-order valence-electron chi connectivity index (χ1n) is 6.30. The quantitative estimate of drug-likeness (QED) is 0.778. The lowest BCUT2D eigenvalue weighted by Gasteiger charge is -2.08. The fourth-order valence-electron chi connectivity index (χ4n) is 2.28. The third-order valence-corrected chi connectivity index (χ3v) is 3.31. The molecule has 1 heterocycles. The van der Waals surface area contributed by atoms with Crippen LogP contribution in [0.3, 0.4) is 0 Å². The molecule has 0 fully saturated rings. The van der Waals surface area contributed by atoms with Crippen molar-refractivity contribution in [3.05, 3.63) is 53.1 Å². The van der Waals surface area contributed by atoms with Crippen molar-refractivity contribution in [3.63, 3.8) is 0 Å². The molecule has 90 valence electrons. The van der Waals surface area contributed by atoms with Crippen LogP contribution in [-0.4, -0.2) is 9.97 Å². The lowest BCUT2D eigenvalue weighted by molar-refractivity contribution is 0.721. The molecule has 2 nitrogen and oxygen atoms in total. The molecule has 0 aliphatic carbocycles. The van der Waals surface area contributed by atoms with Gasteiger partial charge in [0.25, 0.3) is 0 Å². The van der Waals surface area contributed by atoms with Gasteiger partial charge in [-0.25, -0.2) is 4.98 Å². The Balaban J connectivity index is 1.82. The number of aromatic nitrogens is 2. The van der Waals surface area contributed by atoms with Gasteiger partial charge in [0.2, 0.25) is 0 Å². The van der Waals surface area contributed by atoms with Crippen LogP contribution in [0.25, 0.3) is 0 Å². The van der Waals surface area contributed by atoms with E-state index in [0.29, 0.717) is 0 Å². The summed E-state index contributed by atoms with van der Waals surface area (Å²) in [5.74, 6) is 0. The lowest BCUT2D eigenvalue weighted by atomic mass is 9.97. The van der Waals surface area contributed by atoms with Crippen LogP contribution >= 0.6 is 0 Å². The van der Waals surface area contributed by atoms with Crippen LogP contribution in [0.5, 0.6) is 0 Å². The Morgan fingerprint density at radius 1 is 1.06 bits per heavy atom. The van der Waals surface area contributed by atoms with Gasteiger partial charge < -0.3 is 4.98 Å². The lowest BCUT2D eigenvalue weighted by Crippen LogP contribution is -1.95. The van der Waals surface area contributed by atoms with E-state index < -0.39 is 0 Å². The van der Waals surface area contributed by atoms with Crippen molar-refractivity contribution in [2.24, 2.45) is 0 Å². The summed E-state index contributed by atoms with van der Waals surface area (Å²) in [7, 11) is 0. The van der Waals surface area contributed by atoms with Crippen molar-refractivity contribution in [1.29, 1.82) is 0 Å². The molecular weight excluding hydrogens is 208 g/mol. The van der Waals surface area contributed by atoms with Gasteiger partial charge in [0.15, 0.2) is 0 Å². The highest BCUT2D eigenvalue weighted by molar-refractivity contribution is 5.33. The standard InChI is InChI=1S/C15H20N2/c1-12-6-5-7-13(2)15(12)9-4-3-8-14-10-16-11-17-14/h5-7,10-11H,3-4,8-9H2,1-2H3,(H,16,17). The van der Waals surface area contributed by atoms with Crippen LogP contribution in [0.1, 0.15) is 35.2 Å². The van der Waals surface area contributed by atoms with Crippen LogP contribution < -0.4 is 0 Å². The fraction of sp³-hybridized carbons (Fsp3) is 0.400. The number of nitrogens with one attached hydrogen (secondary N) is 1. The van der Waals surface area contributed by atoms with Crippen LogP contribution in [0, 0.1) is 13.8 Å². The van der Waals surface area contributed by atoms with Crippen molar-refractivity contribution >= 4 is 0 Å². The smallest absolute Gasteiger partial charge is 0.0923 e. The van der Waals surface area contributed by atoms with Gasteiger partial charge in [0, 0.05) is 6.20 Å². The van der Waals surface area contributed by atoms with Gasteiger partial charge in [-0.05, 0) is 56.2 Å². The fourth-order valence-corrected chi connectivity index (χ4v) is 2.28. The number of unbranched alkanes of at least 4 members (excludes halogenated alkanes) is 1. The monoisotopic (exact) mass is 228 g/mol. The van der Waals surface area contributed by atoms with Crippen LogP contribution in [-0.2, 0) is 12.8 Å². The number of aromatic amines is 1. The molecule has 1 aromatic heterocycles. The molecule has 2 heteroatoms. The number of H-pyrrole nitrogens is 1. The summed E-state index contributed by atoms with van der Waals surface area (Å²) in [6.07, 6.45) is 8.44. The van der Waals surface area contributed by atoms with E-state index >= 15 is 0 Å². The van der Waals surface area contributed by atoms with Crippen molar-refractivity contribution < 1.29 is 0 Å². The van der Waals surface area contributed by atoms with E-state index in [1.807, 2.05) is 6.20 Å². The summed E-state index contributed by atoms with van der Waals surface area (Å²) in [5, 5.41) is 0. The Bertz CT molecular complexity index is 438. The minimum atomic E-state index is 1.08. The highest BCUT2D eigenvalue weighted by Gasteiger charge is 2.02. The number of rotatable bonds is 5. The summed E-state index contributed by atoms with van der Waals surface area (Å²) < 4.78 is 0. The van der Waals surface area contributed by atoms with Gasteiger partial charge in [-0.15, -0.1) is 0 Å². The van der Waals surface area contributed by atoms with Crippen LogP contribution in [0.2, 0.25) is 0 Å². The van der Waals surface area contributed by atoms with Gasteiger partial charge in [0.1, 0.15) is 0 Å². The predicted octanol–water partition coefficient (Wildman–Crippen LogP) is 3.59. The van der Waals surface area contributed by atoms with E-state index in [0.717, 1.165) is 6.42 Å². The van der Waals surface area contributed by atoms with E-state index in [9.17, 15) is 0 Å². The maximum absolute atomic E-state index is 4.24. The Kier molecular flexibility index (Phi) is 3.97. The van der Waals surface area contributed by atoms with Crippen molar-refractivity contribution in [2.75, 3.05) is 0 Å². The summed E-state index contributed by atoms with van der Waals surface area (Å²) >= 11 is 0. The zero-order chi connectivity index (χ0) is 12.1. The highest BCUT2D eigenvalue weighted by Crippen LogP contribution is 2.16. The Morgan fingerprint density at radius 3 is 2.41 bits per heavy atom. The Hall–Kier alpha value is -1.57. The molecule has 2 aromatic rings. The topological polar surface area (TPSA) is 28.7 Å². The number of hydrogen-bond donors (Lipinski definition) is 1. The molecule has 0 saturated heterocycles. The zero-order valence-electron chi connectivity index (χ0n) is 10.7. The molecule has 1 aromatic carbocycles. The third-order valence-electron chi connectivity index (χ3n) is 3.31. The minimum Gasteiger partial charge on any atom is -0.351 e. The summed E-state index contributed by atoms with van der Waals surface area (Å²) in [6, 6.07) is 6.55. The largest absolute Gasteiger partial charge is 0.351 e. The molecule has 0 aliphatic rings. The first-order valence-corrected chi connectivity index (χ1v) is 6.30. The van der Waals surface area contributed by atoms with Crippen LogP contribution in [0.15, 0.2) is 30.7 Å². The Morgan fingerprint density at radius 2 is 1.76 bits per heavy atom. The Labute approximate surface area is 103 Å². The van der Waals surface area contributed by atoms with Gasteiger partial charge in [0.05, 0.1) is 12.0 Å². The number of imidazole rings is 1. The van der Waals surface area contributed by atoms with Crippen LogP contribution in [0.4, 0.5) is 0 Å². The molecule has 0 radical (unpaired) electrons. The highest BCUT2D eigenvalue weighted by atomic mass is 14.9. The predicted molar refractivity (Wildman–Crippen MR) is 71.1 cm³/mol. The molecule has 0 saturated carbocycles. The second-order valence-electron chi connectivity index (χ2n) is 4.64. The van der Waals surface area contributed by atoms with Gasteiger partial charge >= 0.3 is 0 Å². The number of benzene rings is 1. The maximum Gasteiger partial charge on any atom is 0.0923 e. The van der Waals surface area contributed by atoms with E-state index in [1.165, 1.54) is 41.6 Å². The molecule has 0 amide bonds. The molecule has 0 bridgehead atoms. The van der Waals surface area contributed by atoms with E-state index in [-0.39, 0.29) is 0 Å². The summed E-state index contributed by atoms with van der Waals surface area (Å²) in [5.41, 5.74) is 5.54. The minimum absolute atomic E-state index is 1.08. The number of hydrogen-bond acceptors (Lipinski definition) is 1. The second kappa shape index (κ2) is 5.67. The normalized spacial score (nSPS) is 10.7. The second-order valence-corrected chi connectivity index (χ2v) is 4.64. The van der Waals surface area contributed by atoms with E-state index in [1.54, 1.807) is 6.33 Å². The number of aryl methyl sites for hydroxylation is 3.